The number of nitrogens with two attached hydrogens (primary N) is 1. The van der Waals surface area contributed by atoms with E-state index >= 15 is 0 Å². The SMILES string of the molecule is NC(=O)c1nc(-c2c(F)cccc2F)oc1-c1ccc(NCCN2CCCCC2)cc1. The van der Waals surface area contributed by atoms with E-state index in [9.17, 15) is 13.6 Å². The fourth-order valence-corrected chi connectivity index (χ4v) is 3.77. The quantitative estimate of drug-likeness (QED) is 0.589. The Morgan fingerprint density at radius 1 is 1.06 bits per heavy atom. The third kappa shape index (κ3) is 4.74. The Balaban J connectivity index is 1.52. The van der Waals surface area contributed by atoms with Crippen molar-refractivity contribution in [3.63, 3.8) is 0 Å². The number of oxazole rings is 1. The molecule has 6 nitrogen and oxygen atoms in total. The highest BCUT2D eigenvalue weighted by Gasteiger charge is 2.24. The second-order valence-electron chi connectivity index (χ2n) is 7.56. The minimum absolute atomic E-state index is 0.0741. The number of benzene rings is 2. The number of hydrogen-bond acceptors (Lipinski definition) is 5. The Hall–Kier alpha value is -3.26. The molecule has 1 saturated heterocycles. The number of aromatic nitrogens is 1. The maximum atomic E-state index is 14.1. The maximum absolute atomic E-state index is 14.1. The van der Waals surface area contributed by atoms with Crippen LogP contribution in [0.4, 0.5) is 14.5 Å². The molecular formula is C23H24F2N4O2. The van der Waals surface area contributed by atoms with E-state index in [0.717, 1.165) is 44.0 Å². The highest BCUT2D eigenvalue weighted by molar-refractivity contribution is 5.97. The molecule has 3 N–H and O–H groups in total. The molecule has 3 aromatic rings. The van der Waals surface area contributed by atoms with Crippen molar-refractivity contribution < 1.29 is 18.0 Å². The van der Waals surface area contributed by atoms with Gasteiger partial charge in [-0.15, -0.1) is 0 Å². The summed E-state index contributed by atoms with van der Waals surface area (Å²) in [5.41, 5.74) is 6.26. The Morgan fingerprint density at radius 2 is 1.74 bits per heavy atom. The van der Waals surface area contributed by atoms with Gasteiger partial charge < -0.3 is 20.4 Å². The summed E-state index contributed by atoms with van der Waals surface area (Å²) in [6.07, 6.45) is 3.82. The lowest BCUT2D eigenvalue weighted by Crippen LogP contribution is -2.33. The molecule has 4 rings (SSSR count). The van der Waals surface area contributed by atoms with Crippen LogP contribution in [0.5, 0.6) is 0 Å². The van der Waals surface area contributed by atoms with Gasteiger partial charge in [-0.3, -0.25) is 4.79 Å². The van der Waals surface area contributed by atoms with Crippen molar-refractivity contribution in [2.75, 3.05) is 31.5 Å². The molecule has 0 atom stereocenters. The molecule has 8 heteroatoms. The van der Waals surface area contributed by atoms with Crippen molar-refractivity contribution in [2.45, 2.75) is 19.3 Å². The predicted molar refractivity (Wildman–Crippen MR) is 115 cm³/mol. The molecule has 0 bridgehead atoms. The number of carbonyl (C=O) groups excluding carboxylic acids is 1. The number of rotatable bonds is 7. The lowest BCUT2D eigenvalue weighted by Gasteiger charge is -2.26. The first-order valence-corrected chi connectivity index (χ1v) is 10.3. The van der Waals surface area contributed by atoms with Gasteiger partial charge in [0.25, 0.3) is 5.91 Å². The summed E-state index contributed by atoms with van der Waals surface area (Å²) in [6, 6.07) is 10.6. The zero-order valence-corrected chi connectivity index (χ0v) is 17.0. The van der Waals surface area contributed by atoms with E-state index in [-0.39, 0.29) is 17.3 Å². The summed E-state index contributed by atoms with van der Waals surface area (Å²) in [5.74, 6) is -2.77. The highest BCUT2D eigenvalue weighted by Crippen LogP contribution is 2.32. The number of piperidine rings is 1. The van der Waals surface area contributed by atoms with Crippen LogP contribution in [0.3, 0.4) is 0 Å². The van der Waals surface area contributed by atoms with Gasteiger partial charge in [0.1, 0.15) is 17.2 Å². The van der Waals surface area contributed by atoms with Gasteiger partial charge in [0.2, 0.25) is 5.89 Å². The molecule has 2 aromatic carbocycles. The highest BCUT2D eigenvalue weighted by atomic mass is 19.1. The van der Waals surface area contributed by atoms with Crippen LogP contribution in [0.1, 0.15) is 29.8 Å². The Morgan fingerprint density at radius 3 is 2.39 bits per heavy atom. The lowest BCUT2D eigenvalue weighted by atomic mass is 10.1. The van der Waals surface area contributed by atoms with Gasteiger partial charge >= 0.3 is 0 Å². The normalized spacial score (nSPS) is 14.5. The van der Waals surface area contributed by atoms with Crippen LogP contribution in [0.15, 0.2) is 46.9 Å². The van der Waals surface area contributed by atoms with Crippen LogP contribution < -0.4 is 11.1 Å². The van der Waals surface area contributed by atoms with Gasteiger partial charge in [0.05, 0.1) is 0 Å². The minimum atomic E-state index is -0.842. The van der Waals surface area contributed by atoms with E-state index in [0.29, 0.717) is 5.56 Å². The average molecular weight is 426 g/mol. The van der Waals surface area contributed by atoms with Gasteiger partial charge in [-0.25, -0.2) is 13.8 Å². The number of nitrogens with zero attached hydrogens (tertiary/aromatic N) is 2. The van der Waals surface area contributed by atoms with E-state index in [1.165, 1.54) is 25.3 Å². The molecule has 31 heavy (non-hydrogen) atoms. The summed E-state index contributed by atoms with van der Waals surface area (Å²) in [4.78, 5) is 18.3. The summed E-state index contributed by atoms with van der Waals surface area (Å²) >= 11 is 0. The largest absolute Gasteiger partial charge is 0.435 e. The molecule has 162 valence electrons. The second kappa shape index (κ2) is 9.26. The summed E-state index contributed by atoms with van der Waals surface area (Å²) in [5, 5.41) is 3.38. The summed E-state index contributed by atoms with van der Waals surface area (Å²) in [6.45, 7) is 4.10. The zero-order valence-electron chi connectivity index (χ0n) is 17.0. The Bertz CT molecular complexity index is 1040. The zero-order chi connectivity index (χ0) is 21.8. The summed E-state index contributed by atoms with van der Waals surface area (Å²) < 4.78 is 33.8. The molecular weight excluding hydrogens is 402 g/mol. The fourth-order valence-electron chi connectivity index (χ4n) is 3.77. The van der Waals surface area contributed by atoms with Crippen molar-refractivity contribution in [1.82, 2.24) is 9.88 Å². The number of nitrogens with one attached hydrogen (secondary N) is 1. The first-order valence-electron chi connectivity index (χ1n) is 10.3. The molecule has 1 fully saturated rings. The summed E-state index contributed by atoms with van der Waals surface area (Å²) in [7, 11) is 0. The van der Waals surface area contributed by atoms with Crippen molar-refractivity contribution >= 4 is 11.6 Å². The van der Waals surface area contributed by atoms with Crippen LogP contribution >= 0.6 is 0 Å². The molecule has 0 spiro atoms. The second-order valence-corrected chi connectivity index (χ2v) is 7.56. The Kier molecular flexibility index (Phi) is 6.27. The maximum Gasteiger partial charge on any atom is 0.271 e. The van der Waals surface area contributed by atoms with Gasteiger partial charge in [-0.1, -0.05) is 12.5 Å². The molecule has 1 amide bonds. The predicted octanol–water partition coefficient (Wildman–Crippen LogP) is 4.28. The number of hydrogen-bond donors (Lipinski definition) is 2. The van der Waals surface area contributed by atoms with E-state index in [4.69, 9.17) is 10.2 Å². The number of primary amides is 1. The third-order valence-electron chi connectivity index (χ3n) is 5.39. The first-order chi connectivity index (χ1) is 15.0. The lowest BCUT2D eigenvalue weighted by molar-refractivity contribution is 0.0996. The standard InChI is InChI=1S/C23H24F2N4O2/c24-17-5-4-6-18(25)19(17)23-28-20(22(26)30)21(31-23)15-7-9-16(10-8-15)27-11-14-29-12-2-1-3-13-29/h4-10,27H,1-3,11-14H2,(H2,26,30). The minimum Gasteiger partial charge on any atom is -0.435 e. The Labute approximate surface area is 179 Å². The molecule has 0 unspecified atom stereocenters. The van der Waals surface area contributed by atoms with E-state index in [1.54, 1.807) is 12.1 Å². The van der Waals surface area contributed by atoms with Gasteiger partial charge in [-0.2, -0.15) is 0 Å². The fraction of sp³-hybridized carbons (Fsp3) is 0.304. The van der Waals surface area contributed by atoms with E-state index in [1.807, 2.05) is 12.1 Å². The van der Waals surface area contributed by atoms with Gasteiger partial charge in [-0.05, 0) is 62.3 Å². The average Bonchev–Trinajstić information content (AvgIpc) is 3.20. The van der Waals surface area contributed by atoms with Gasteiger partial charge in [0, 0.05) is 24.3 Å². The molecule has 1 aliphatic rings. The molecule has 1 aliphatic heterocycles. The molecule has 0 radical (unpaired) electrons. The molecule has 0 aliphatic carbocycles. The topological polar surface area (TPSA) is 84.4 Å². The van der Waals surface area contributed by atoms with Crippen LogP contribution in [-0.4, -0.2) is 42.0 Å². The van der Waals surface area contributed by atoms with E-state index in [2.05, 4.69) is 15.2 Å². The monoisotopic (exact) mass is 426 g/mol. The van der Waals surface area contributed by atoms with Crippen LogP contribution in [0.2, 0.25) is 0 Å². The van der Waals surface area contributed by atoms with Crippen molar-refractivity contribution in [3.05, 3.63) is 59.8 Å². The number of likely N-dealkylation sites (tertiary alicyclic amines) is 1. The number of carbonyl (C=O) groups is 1. The van der Waals surface area contributed by atoms with Crippen LogP contribution in [0.25, 0.3) is 22.8 Å². The van der Waals surface area contributed by atoms with Crippen LogP contribution in [0, 0.1) is 11.6 Å². The van der Waals surface area contributed by atoms with Crippen molar-refractivity contribution in [2.24, 2.45) is 5.73 Å². The third-order valence-corrected chi connectivity index (χ3v) is 5.39. The number of amides is 1. The number of halogens is 2. The van der Waals surface area contributed by atoms with Gasteiger partial charge in [0.15, 0.2) is 11.5 Å². The first kappa shape index (κ1) is 21.0. The smallest absolute Gasteiger partial charge is 0.271 e. The van der Waals surface area contributed by atoms with Crippen LogP contribution in [-0.2, 0) is 0 Å². The molecule has 0 saturated carbocycles. The van der Waals surface area contributed by atoms with Crippen molar-refractivity contribution in [1.29, 1.82) is 0 Å². The van der Waals surface area contributed by atoms with Crippen molar-refractivity contribution in [3.8, 4) is 22.8 Å². The van der Waals surface area contributed by atoms with E-state index < -0.39 is 23.1 Å². The number of anilines is 1. The molecule has 2 heterocycles. The molecule has 1 aromatic heterocycles.